The Morgan fingerprint density at radius 3 is 2.78 bits per heavy atom. The van der Waals surface area contributed by atoms with Crippen molar-refractivity contribution in [2.75, 3.05) is 18.3 Å². The molecule has 0 unspecified atom stereocenters. The van der Waals surface area contributed by atoms with Crippen LogP contribution in [-0.2, 0) is 4.79 Å². The van der Waals surface area contributed by atoms with Gasteiger partial charge in [0.2, 0.25) is 5.91 Å². The van der Waals surface area contributed by atoms with Crippen LogP contribution in [0.15, 0.2) is 34.9 Å². The van der Waals surface area contributed by atoms with Crippen LogP contribution < -0.4 is 10.1 Å². The molecule has 2 aromatic rings. The summed E-state index contributed by atoms with van der Waals surface area (Å²) in [5, 5.41) is 6.23. The minimum absolute atomic E-state index is 0.120. The molecular formula is C12H11ClN2O3. The van der Waals surface area contributed by atoms with Gasteiger partial charge in [-0.15, -0.1) is 11.6 Å². The highest BCUT2D eigenvalue weighted by atomic mass is 35.5. The number of nitrogens with one attached hydrogen (secondary N) is 1. The van der Waals surface area contributed by atoms with Crippen LogP contribution in [-0.4, -0.2) is 24.1 Å². The zero-order chi connectivity index (χ0) is 13.0. The lowest BCUT2D eigenvalue weighted by molar-refractivity contribution is -0.114. The Hall–Kier alpha value is -2.01. The Morgan fingerprint density at radius 1 is 1.44 bits per heavy atom. The fraction of sp³-hybridized carbons (Fsp3) is 0.167. The molecule has 0 spiro atoms. The molecule has 0 fully saturated rings. The van der Waals surface area contributed by atoms with Gasteiger partial charge in [0, 0.05) is 11.6 Å². The number of hydrogen-bond donors (Lipinski definition) is 1. The molecule has 0 bridgehead atoms. The van der Waals surface area contributed by atoms with E-state index in [0.717, 1.165) is 11.3 Å². The van der Waals surface area contributed by atoms with Crippen molar-refractivity contribution < 1.29 is 14.1 Å². The summed E-state index contributed by atoms with van der Waals surface area (Å²) in [6.07, 6.45) is 0. The number of rotatable bonds is 4. The van der Waals surface area contributed by atoms with Crippen LogP contribution in [0.25, 0.3) is 11.3 Å². The molecule has 1 amide bonds. The standard InChI is InChI=1S/C12H11ClN2O3/c1-17-9-4-2-8(3-5-9)10-6-11(15-18-10)14-12(16)7-13/h2-6H,7H2,1H3,(H,14,15,16). The molecule has 1 heterocycles. The van der Waals surface area contributed by atoms with E-state index in [1.165, 1.54) is 0 Å². The van der Waals surface area contributed by atoms with Crippen molar-refractivity contribution in [2.24, 2.45) is 0 Å². The smallest absolute Gasteiger partial charge is 0.240 e. The van der Waals surface area contributed by atoms with Crippen molar-refractivity contribution >= 4 is 23.3 Å². The first kappa shape index (κ1) is 12.4. The van der Waals surface area contributed by atoms with Crippen LogP contribution in [0, 0.1) is 0 Å². The van der Waals surface area contributed by atoms with Gasteiger partial charge in [-0.25, -0.2) is 0 Å². The van der Waals surface area contributed by atoms with Gasteiger partial charge in [-0.1, -0.05) is 5.16 Å². The van der Waals surface area contributed by atoms with Gasteiger partial charge in [-0.05, 0) is 24.3 Å². The molecule has 94 valence electrons. The first-order chi connectivity index (χ1) is 8.72. The molecule has 1 aromatic carbocycles. The summed E-state index contributed by atoms with van der Waals surface area (Å²) >= 11 is 5.37. The number of carbonyl (C=O) groups is 1. The molecule has 0 radical (unpaired) electrons. The van der Waals surface area contributed by atoms with Crippen molar-refractivity contribution in [1.82, 2.24) is 5.16 Å². The Balaban J connectivity index is 2.15. The Morgan fingerprint density at radius 2 is 2.17 bits per heavy atom. The summed E-state index contributed by atoms with van der Waals surface area (Å²) in [6.45, 7) is 0. The number of methoxy groups -OCH3 is 1. The molecule has 0 atom stereocenters. The van der Waals surface area contributed by atoms with E-state index in [1.54, 1.807) is 13.2 Å². The molecule has 1 aromatic heterocycles. The van der Waals surface area contributed by atoms with E-state index in [0.29, 0.717) is 11.6 Å². The lowest BCUT2D eigenvalue weighted by atomic mass is 10.2. The van der Waals surface area contributed by atoms with E-state index >= 15 is 0 Å². The van der Waals surface area contributed by atoms with Gasteiger partial charge in [0.1, 0.15) is 11.6 Å². The van der Waals surface area contributed by atoms with Crippen molar-refractivity contribution in [1.29, 1.82) is 0 Å². The summed E-state index contributed by atoms with van der Waals surface area (Å²) in [5.41, 5.74) is 0.842. The summed E-state index contributed by atoms with van der Waals surface area (Å²) in [5.74, 6) is 1.21. The zero-order valence-corrected chi connectivity index (χ0v) is 10.4. The number of halogens is 1. The van der Waals surface area contributed by atoms with Gasteiger partial charge in [0.25, 0.3) is 0 Å². The average molecular weight is 267 g/mol. The minimum atomic E-state index is -0.328. The molecular weight excluding hydrogens is 256 g/mol. The van der Waals surface area contributed by atoms with E-state index in [2.05, 4.69) is 10.5 Å². The maximum Gasteiger partial charge on any atom is 0.240 e. The quantitative estimate of drug-likeness (QED) is 0.864. The summed E-state index contributed by atoms with van der Waals surface area (Å²) in [7, 11) is 1.60. The minimum Gasteiger partial charge on any atom is -0.497 e. The number of aromatic nitrogens is 1. The van der Waals surface area contributed by atoms with Crippen LogP contribution in [0.4, 0.5) is 5.82 Å². The molecule has 0 saturated carbocycles. The normalized spacial score (nSPS) is 10.1. The first-order valence-corrected chi connectivity index (χ1v) is 5.73. The molecule has 0 aliphatic heterocycles. The number of alkyl halides is 1. The summed E-state index contributed by atoms with van der Waals surface area (Å²) in [6, 6.07) is 8.94. The zero-order valence-electron chi connectivity index (χ0n) is 9.64. The van der Waals surface area contributed by atoms with Crippen molar-refractivity contribution in [3.05, 3.63) is 30.3 Å². The fourth-order valence-electron chi connectivity index (χ4n) is 1.40. The van der Waals surface area contributed by atoms with Crippen LogP contribution in [0.2, 0.25) is 0 Å². The highest BCUT2D eigenvalue weighted by molar-refractivity contribution is 6.29. The van der Waals surface area contributed by atoms with Crippen molar-refractivity contribution in [3.63, 3.8) is 0 Å². The van der Waals surface area contributed by atoms with E-state index in [-0.39, 0.29) is 11.8 Å². The second-order valence-electron chi connectivity index (χ2n) is 3.49. The van der Waals surface area contributed by atoms with Crippen LogP contribution >= 0.6 is 11.6 Å². The lowest BCUT2D eigenvalue weighted by Gasteiger charge is -1.99. The predicted molar refractivity (Wildman–Crippen MR) is 67.8 cm³/mol. The first-order valence-electron chi connectivity index (χ1n) is 5.20. The second kappa shape index (κ2) is 5.55. The average Bonchev–Trinajstić information content (AvgIpc) is 2.87. The summed E-state index contributed by atoms with van der Waals surface area (Å²) in [4.78, 5) is 11.1. The maximum absolute atomic E-state index is 11.1. The van der Waals surface area contributed by atoms with Gasteiger partial charge in [0.15, 0.2) is 11.6 Å². The molecule has 18 heavy (non-hydrogen) atoms. The van der Waals surface area contributed by atoms with Gasteiger partial charge in [-0.2, -0.15) is 0 Å². The molecule has 0 saturated heterocycles. The van der Waals surface area contributed by atoms with E-state index in [4.69, 9.17) is 20.9 Å². The Kier molecular flexibility index (Phi) is 3.84. The highest BCUT2D eigenvalue weighted by Crippen LogP contribution is 2.24. The highest BCUT2D eigenvalue weighted by Gasteiger charge is 2.08. The third-order valence-corrected chi connectivity index (χ3v) is 2.52. The largest absolute Gasteiger partial charge is 0.497 e. The third-order valence-electron chi connectivity index (χ3n) is 2.27. The summed E-state index contributed by atoms with van der Waals surface area (Å²) < 4.78 is 10.2. The third kappa shape index (κ3) is 2.81. The van der Waals surface area contributed by atoms with Crippen molar-refractivity contribution in [3.8, 4) is 17.1 Å². The Bertz CT molecular complexity index is 537. The topological polar surface area (TPSA) is 64.4 Å². The van der Waals surface area contributed by atoms with Gasteiger partial charge in [-0.3, -0.25) is 4.79 Å². The number of ether oxygens (including phenoxy) is 1. The lowest BCUT2D eigenvalue weighted by Crippen LogP contribution is -2.12. The number of nitrogens with zero attached hydrogens (tertiary/aromatic N) is 1. The number of anilines is 1. The van der Waals surface area contributed by atoms with E-state index in [9.17, 15) is 4.79 Å². The fourth-order valence-corrected chi connectivity index (χ4v) is 1.47. The molecule has 0 aliphatic carbocycles. The Labute approximate surface area is 109 Å². The maximum atomic E-state index is 11.1. The predicted octanol–water partition coefficient (Wildman–Crippen LogP) is 2.53. The number of hydrogen-bond acceptors (Lipinski definition) is 4. The van der Waals surface area contributed by atoms with Crippen LogP contribution in [0.1, 0.15) is 0 Å². The number of carbonyl (C=O) groups excluding carboxylic acids is 1. The molecule has 5 nitrogen and oxygen atoms in total. The van der Waals surface area contributed by atoms with Gasteiger partial charge < -0.3 is 14.6 Å². The van der Waals surface area contributed by atoms with E-state index in [1.807, 2.05) is 24.3 Å². The van der Waals surface area contributed by atoms with Crippen LogP contribution in [0.5, 0.6) is 5.75 Å². The number of benzene rings is 1. The van der Waals surface area contributed by atoms with Crippen molar-refractivity contribution in [2.45, 2.75) is 0 Å². The molecule has 6 heteroatoms. The van der Waals surface area contributed by atoms with E-state index < -0.39 is 0 Å². The molecule has 1 N–H and O–H groups in total. The monoisotopic (exact) mass is 266 g/mol. The van der Waals surface area contributed by atoms with Gasteiger partial charge >= 0.3 is 0 Å². The molecule has 2 rings (SSSR count). The second-order valence-corrected chi connectivity index (χ2v) is 3.75. The van der Waals surface area contributed by atoms with Gasteiger partial charge in [0.05, 0.1) is 7.11 Å². The number of amides is 1. The molecule has 0 aliphatic rings. The van der Waals surface area contributed by atoms with Crippen LogP contribution in [0.3, 0.4) is 0 Å². The SMILES string of the molecule is COc1ccc(-c2cc(NC(=O)CCl)no2)cc1.